The van der Waals surface area contributed by atoms with Crippen molar-refractivity contribution >= 4 is 50.7 Å². The average molecular weight is 529 g/mol. The zero-order valence-electron chi connectivity index (χ0n) is 19.8. The standard InChI is InChI=1S/C24H31Cl2N3O4S/c1-5-20(24(31)27-14-17(2)3)28(15-18-10-7-6-8-11-18)22(30)16-29(34(4,32)33)21-13-9-12-19(25)23(21)26/h6-13,17,20H,5,14-16H2,1-4H3,(H,27,31)/t20-/m1/s1. The molecule has 0 fully saturated rings. The van der Waals surface area contributed by atoms with Gasteiger partial charge in [-0.1, -0.05) is 80.4 Å². The number of benzene rings is 2. The fraction of sp³-hybridized carbons (Fsp3) is 0.417. The molecule has 0 saturated carbocycles. The van der Waals surface area contributed by atoms with E-state index in [1.54, 1.807) is 6.07 Å². The van der Waals surface area contributed by atoms with Gasteiger partial charge >= 0.3 is 0 Å². The molecule has 0 heterocycles. The highest BCUT2D eigenvalue weighted by Gasteiger charge is 2.32. The Labute approximate surface area is 212 Å². The largest absolute Gasteiger partial charge is 0.354 e. The Bertz CT molecular complexity index is 1090. The minimum atomic E-state index is -3.89. The number of halogens is 2. The molecule has 0 saturated heterocycles. The number of anilines is 1. The van der Waals surface area contributed by atoms with E-state index in [1.165, 1.54) is 17.0 Å². The zero-order chi connectivity index (χ0) is 25.5. The minimum absolute atomic E-state index is 0.0266. The summed E-state index contributed by atoms with van der Waals surface area (Å²) < 4.78 is 26.2. The van der Waals surface area contributed by atoms with Crippen molar-refractivity contribution in [1.82, 2.24) is 10.2 Å². The van der Waals surface area contributed by atoms with E-state index in [4.69, 9.17) is 23.2 Å². The lowest BCUT2D eigenvalue weighted by Gasteiger charge is -2.33. The molecule has 0 spiro atoms. The van der Waals surface area contributed by atoms with E-state index in [2.05, 4.69) is 5.32 Å². The molecule has 34 heavy (non-hydrogen) atoms. The molecule has 2 aromatic carbocycles. The van der Waals surface area contributed by atoms with E-state index < -0.39 is 28.5 Å². The Kier molecular flexibility index (Phi) is 10.2. The van der Waals surface area contributed by atoms with Crippen molar-refractivity contribution in [2.24, 2.45) is 5.92 Å². The van der Waals surface area contributed by atoms with Gasteiger partial charge in [-0.05, 0) is 30.0 Å². The summed E-state index contributed by atoms with van der Waals surface area (Å²) >= 11 is 12.4. The fourth-order valence-electron chi connectivity index (χ4n) is 3.40. The Morgan fingerprint density at radius 1 is 1.03 bits per heavy atom. The first-order valence-corrected chi connectivity index (χ1v) is 13.6. The lowest BCUT2D eigenvalue weighted by Crippen LogP contribution is -2.52. The number of hydrogen-bond donors (Lipinski definition) is 1. The van der Waals surface area contributed by atoms with Crippen LogP contribution in [0.3, 0.4) is 0 Å². The van der Waals surface area contributed by atoms with Crippen LogP contribution in [0.5, 0.6) is 0 Å². The molecule has 2 rings (SSSR count). The van der Waals surface area contributed by atoms with Crippen molar-refractivity contribution in [1.29, 1.82) is 0 Å². The molecule has 186 valence electrons. The molecule has 0 radical (unpaired) electrons. The summed E-state index contributed by atoms with van der Waals surface area (Å²) in [6, 6.07) is 13.0. The number of hydrogen-bond acceptors (Lipinski definition) is 4. The molecule has 2 aromatic rings. The fourth-order valence-corrected chi connectivity index (χ4v) is 4.70. The van der Waals surface area contributed by atoms with Crippen LogP contribution < -0.4 is 9.62 Å². The molecule has 0 aromatic heterocycles. The Morgan fingerprint density at radius 2 is 1.68 bits per heavy atom. The first-order chi connectivity index (χ1) is 16.0. The summed E-state index contributed by atoms with van der Waals surface area (Å²) in [4.78, 5) is 28.0. The minimum Gasteiger partial charge on any atom is -0.354 e. The molecular weight excluding hydrogens is 497 g/mol. The molecule has 7 nitrogen and oxygen atoms in total. The molecule has 0 aliphatic carbocycles. The number of carbonyl (C=O) groups is 2. The molecule has 1 N–H and O–H groups in total. The van der Waals surface area contributed by atoms with Gasteiger partial charge in [0.2, 0.25) is 21.8 Å². The molecule has 10 heteroatoms. The normalized spacial score (nSPS) is 12.3. The van der Waals surface area contributed by atoms with Crippen LogP contribution in [0.15, 0.2) is 48.5 Å². The van der Waals surface area contributed by atoms with Crippen molar-refractivity contribution in [2.75, 3.05) is 23.7 Å². The second-order valence-electron chi connectivity index (χ2n) is 8.41. The summed E-state index contributed by atoms with van der Waals surface area (Å²) in [7, 11) is -3.89. The SMILES string of the molecule is CC[C@H](C(=O)NCC(C)C)N(Cc1ccccc1)C(=O)CN(c1cccc(Cl)c1Cl)S(C)(=O)=O. The smallest absolute Gasteiger partial charge is 0.244 e. The Balaban J connectivity index is 2.44. The van der Waals surface area contributed by atoms with Crippen LogP contribution >= 0.6 is 23.2 Å². The molecule has 0 unspecified atom stereocenters. The second kappa shape index (κ2) is 12.4. The maximum atomic E-state index is 13.6. The Hall–Kier alpha value is -2.29. The molecule has 0 bridgehead atoms. The van der Waals surface area contributed by atoms with Crippen LogP contribution in [-0.4, -0.2) is 50.5 Å². The highest BCUT2D eigenvalue weighted by Crippen LogP contribution is 2.33. The van der Waals surface area contributed by atoms with Gasteiger partial charge in [-0.2, -0.15) is 0 Å². The summed E-state index contributed by atoms with van der Waals surface area (Å²) in [5, 5.41) is 3.08. The van der Waals surface area contributed by atoms with Crippen molar-refractivity contribution < 1.29 is 18.0 Å². The maximum Gasteiger partial charge on any atom is 0.244 e. The van der Waals surface area contributed by atoms with Crippen LogP contribution in [0.2, 0.25) is 10.0 Å². The van der Waals surface area contributed by atoms with Gasteiger partial charge in [-0.25, -0.2) is 8.42 Å². The molecular formula is C24H31Cl2N3O4S. The first kappa shape index (κ1) is 28.0. The molecule has 0 aliphatic heterocycles. The predicted octanol–water partition coefficient (Wildman–Crippen LogP) is 4.34. The number of nitrogens with zero attached hydrogens (tertiary/aromatic N) is 2. The van der Waals surface area contributed by atoms with Crippen molar-refractivity contribution in [3.8, 4) is 0 Å². The van der Waals surface area contributed by atoms with E-state index >= 15 is 0 Å². The monoisotopic (exact) mass is 527 g/mol. The van der Waals surface area contributed by atoms with Crippen molar-refractivity contribution in [3.05, 3.63) is 64.1 Å². The lowest BCUT2D eigenvalue weighted by molar-refractivity contribution is -0.140. The van der Waals surface area contributed by atoms with Gasteiger partial charge in [0.15, 0.2) is 0 Å². The Morgan fingerprint density at radius 3 is 2.24 bits per heavy atom. The van der Waals surface area contributed by atoms with E-state index in [1.807, 2.05) is 51.1 Å². The van der Waals surface area contributed by atoms with Crippen LogP contribution in [0.4, 0.5) is 5.69 Å². The summed E-state index contributed by atoms with van der Waals surface area (Å²) in [5.74, 6) is -0.575. The zero-order valence-corrected chi connectivity index (χ0v) is 22.1. The predicted molar refractivity (Wildman–Crippen MR) is 138 cm³/mol. The first-order valence-electron chi connectivity index (χ1n) is 11.0. The summed E-state index contributed by atoms with van der Waals surface area (Å²) in [6.45, 7) is 5.86. The highest BCUT2D eigenvalue weighted by atomic mass is 35.5. The van der Waals surface area contributed by atoms with Crippen molar-refractivity contribution in [2.45, 2.75) is 39.8 Å². The number of sulfonamides is 1. The van der Waals surface area contributed by atoms with Gasteiger partial charge < -0.3 is 10.2 Å². The maximum absolute atomic E-state index is 13.6. The van der Waals surface area contributed by atoms with E-state index in [9.17, 15) is 18.0 Å². The van der Waals surface area contributed by atoms with Gasteiger partial charge in [0.25, 0.3) is 0 Å². The quantitative estimate of drug-likeness (QED) is 0.470. The van der Waals surface area contributed by atoms with Gasteiger partial charge in [0.1, 0.15) is 12.6 Å². The third-order valence-electron chi connectivity index (χ3n) is 5.15. The van der Waals surface area contributed by atoms with Gasteiger partial charge in [-0.15, -0.1) is 0 Å². The van der Waals surface area contributed by atoms with Gasteiger partial charge in [-0.3, -0.25) is 13.9 Å². The van der Waals surface area contributed by atoms with Gasteiger partial charge in [0, 0.05) is 13.1 Å². The molecule has 0 aliphatic rings. The van der Waals surface area contributed by atoms with Crippen LogP contribution in [-0.2, 0) is 26.2 Å². The summed E-state index contributed by atoms with van der Waals surface area (Å²) in [5.41, 5.74) is 0.916. The number of rotatable bonds is 11. The van der Waals surface area contributed by atoms with Crippen molar-refractivity contribution in [3.63, 3.8) is 0 Å². The number of amides is 2. The van der Waals surface area contributed by atoms with E-state index in [-0.39, 0.29) is 34.1 Å². The van der Waals surface area contributed by atoms with E-state index in [0.29, 0.717) is 13.0 Å². The topological polar surface area (TPSA) is 86.8 Å². The van der Waals surface area contributed by atoms with Crippen LogP contribution in [0, 0.1) is 5.92 Å². The number of nitrogens with one attached hydrogen (secondary N) is 1. The van der Waals surface area contributed by atoms with Gasteiger partial charge in [0.05, 0.1) is 22.0 Å². The highest BCUT2D eigenvalue weighted by molar-refractivity contribution is 7.92. The number of carbonyl (C=O) groups excluding carboxylic acids is 2. The van der Waals surface area contributed by atoms with E-state index in [0.717, 1.165) is 16.1 Å². The lowest BCUT2D eigenvalue weighted by atomic mass is 10.1. The molecule has 1 atom stereocenters. The average Bonchev–Trinajstić information content (AvgIpc) is 2.77. The third-order valence-corrected chi connectivity index (χ3v) is 7.08. The van der Waals surface area contributed by atoms with Crippen LogP contribution in [0.1, 0.15) is 32.8 Å². The second-order valence-corrected chi connectivity index (χ2v) is 11.1. The molecule has 2 amide bonds. The third kappa shape index (κ3) is 7.61. The summed E-state index contributed by atoms with van der Waals surface area (Å²) in [6.07, 6.45) is 1.35. The van der Waals surface area contributed by atoms with Crippen LogP contribution in [0.25, 0.3) is 0 Å².